The number of rotatable bonds is 6. The van der Waals surface area contributed by atoms with Gasteiger partial charge in [0.2, 0.25) is 0 Å². The van der Waals surface area contributed by atoms with Crippen molar-refractivity contribution in [3.63, 3.8) is 0 Å². The predicted molar refractivity (Wildman–Crippen MR) is 63.2 cm³/mol. The van der Waals surface area contributed by atoms with E-state index in [1.807, 2.05) is 0 Å². The number of Topliss-reactive ketones (excluding diaryl/α,β-unsaturated/α-hetero) is 1. The minimum atomic E-state index is -4.37. The molecule has 4 nitrogen and oxygen atoms in total. The van der Waals surface area contributed by atoms with Crippen molar-refractivity contribution in [1.29, 1.82) is 0 Å². The molecule has 0 bridgehead atoms. The molecule has 0 amide bonds. The van der Waals surface area contributed by atoms with Crippen molar-refractivity contribution in [3.8, 4) is 0 Å². The second-order valence-corrected chi connectivity index (χ2v) is 4.48. The topological polar surface area (TPSA) is 44.1 Å². The number of ether oxygens (including phenoxy) is 1. The van der Waals surface area contributed by atoms with Crippen molar-refractivity contribution in [2.75, 3.05) is 13.2 Å². The van der Waals surface area contributed by atoms with Crippen molar-refractivity contribution < 1.29 is 22.7 Å². The monoisotopic (exact) mass is 298 g/mol. The number of hydrogen-bond donors (Lipinski definition) is 0. The Kier molecular flexibility index (Phi) is 5.37. The second kappa shape index (κ2) is 6.38. The molecule has 0 aliphatic carbocycles. The first-order chi connectivity index (χ1) is 8.70. The van der Waals surface area contributed by atoms with E-state index >= 15 is 0 Å². The molecule has 0 N–H and O–H groups in total. The lowest BCUT2D eigenvalue weighted by Gasteiger charge is -2.07. The highest BCUT2D eigenvalue weighted by Crippen LogP contribution is 2.20. The Balaban J connectivity index is 2.40. The molecule has 1 aromatic rings. The lowest BCUT2D eigenvalue weighted by Crippen LogP contribution is -2.19. The summed E-state index contributed by atoms with van der Waals surface area (Å²) in [5.41, 5.74) is 1.17. The third-order valence-electron chi connectivity index (χ3n) is 2.42. The third-order valence-corrected chi connectivity index (χ3v) is 2.91. The van der Waals surface area contributed by atoms with Crippen LogP contribution in [0.25, 0.3) is 0 Å². The highest BCUT2D eigenvalue weighted by Gasteiger charge is 2.27. The molecule has 0 fully saturated rings. The molecule has 0 radical (unpaired) electrons. The fourth-order valence-corrected chi connectivity index (χ4v) is 1.75. The van der Waals surface area contributed by atoms with Crippen LogP contribution >= 0.6 is 11.6 Å². The van der Waals surface area contributed by atoms with E-state index in [0.717, 1.165) is 0 Å². The molecule has 0 aromatic carbocycles. The fourth-order valence-electron chi connectivity index (χ4n) is 1.52. The molecular formula is C11H14ClF3N2O2. The van der Waals surface area contributed by atoms with Crippen LogP contribution in [0.1, 0.15) is 17.8 Å². The van der Waals surface area contributed by atoms with Crippen molar-refractivity contribution >= 4 is 17.4 Å². The van der Waals surface area contributed by atoms with E-state index in [1.54, 1.807) is 14.0 Å². The summed E-state index contributed by atoms with van der Waals surface area (Å²) >= 11 is 5.96. The van der Waals surface area contributed by atoms with Gasteiger partial charge in [-0.05, 0) is 6.92 Å². The summed E-state index contributed by atoms with van der Waals surface area (Å²) < 4.78 is 41.3. The van der Waals surface area contributed by atoms with Gasteiger partial charge in [-0.15, -0.1) is 0 Å². The van der Waals surface area contributed by atoms with E-state index in [2.05, 4.69) is 9.84 Å². The quantitative estimate of drug-likeness (QED) is 0.758. The number of aromatic nitrogens is 2. The molecular weight excluding hydrogens is 285 g/mol. The smallest absolute Gasteiger partial charge is 0.372 e. The van der Waals surface area contributed by atoms with Gasteiger partial charge in [0.05, 0.1) is 23.0 Å². The maximum absolute atomic E-state index is 11.8. The van der Waals surface area contributed by atoms with E-state index in [1.165, 1.54) is 4.68 Å². The molecule has 1 aromatic heterocycles. The van der Waals surface area contributed by atoms with Crippen LogP contribution in [0, 0.1) is 6.92 Å². The number of ketones is 1. The first-order valence-corrected chi connectivity index (χ1v) is 5.92. The summed E-state index contributed by atoms with van der Waals surface area (Å²) in [5.74, 6) is -0.243. The summed E-state index contributed by atoms with van der Waals surface area (Å²) in [6.07, 6.45) is -4.42. The Morgan fingerprint density at radius 1 is 1.47 bits per heavy atom. The second-order valence-electron chi connectivity index (χ2n) is 4.10. The maximum atomic E-state index is 11.8. The van der Waals surface area contributed by atoms with E-state index in [9.17, 15) is 18.0 Å². The van der Waals surface area contributed by atoms with Gasteiger partial charge in [-0.2, -0.15) is 18.3 Å². The zero-order chi connectivity index (χ0) is 14.6. The largest absolute Gasteiger partial charge is 0.411 e. The average molecular weight is 299 g/mol. The first-order valence-electron chi connectivity index (χ1n) is 5.55. The van der Waals surface area contributed by atoms with Crippen LogP contribution in [0.15, 0.2) is 0 Å². The minimum absolute atomic E-state index is 0.0333. The summed E-state index contributed by atoms with van der Waals surface area (Å²) in [4.78, 5) is 11.6. The van der Waals surface area contributed by atoms with Crippen LogP contribution in [0.4, 0.5) is 13.2 Å². The molecule has 108 valence electrons. The molecule has 0 aliphatic rings. The Morgan fingerprint density at radius 2 is 2.11 bits per heavy atom. The lowest BCUT2D eigenvalue weighted by molar-refractivity contribution is -0.174. The van der Waals surface area contributed by atoms with Crippen LogP contribution < -0.4 is 0 Å². The maximum Gasteiger partial charge on any atom is 0.411 e. The number of carbonyl (C=O) groups excluding carboxylic acids is 1. The van der Waals surface area contributed by atoms with Crippen LogP contribution in [0.3, 0.4) is 0 Å². The number of hydrogen-bond acceptors (Lipinski definition) is 3. The van der Waals surface area contributed by atoms with Gasteiger partial charge in [0.25, 0.3) is 0 Å². The molecule has 0 saturated carbocycles. The van der Waals surface area contributed by atoms with Crippen molar-refractivity contribution in [2.24, 2.45) is 7.05 Å². The van der Waals surface area contributed by atoms with Crippen LogP contribution in [0.5, 0.6) is 0 Å². The number of aryl methyl sites for hydroxylation is 2. The van der Waals surface area contributed by atoms with Gasteiger partial charge in [-0.25, -0.2) is 0 Å². The Morgan fingerprint density at radius 3 is 2.58 bits per heavy atom. The van der Waals surface area contributed by atoms with E-state index < -0.39 is 12.8 Å². The third kappa shape index (κ3) is 5.20. The average Bonchev–Trinajstić information content (AvgIpc) is 2.50. The minimum Gasteiger partial charge on any atom is -0.372 e. The summed E-state index contributed by atoms with van der Waals surface area (Å²) in [6, 6.07) is 0. The normalized spacial score (nSPS) is 11.9. The van der Waals surface area contributed by atoms with Crippen LogP contribution in [-0.2, 0) is 23.0 Å². The molecule has 0 unspecified atom stereocenters. The van der Waals surface area contributed by atoms with Gasteiger partial charge in [0.15, 0.2) is 0 Å². The Hall–Kier alpha value is -1.08. The van der Waals surface area contributed by atoms with Crippen molar-refractivity contribution in [2.45, 2.75) is 25.9 Å². The van der Waals surface area contributed by atoms with E-state index in [4.69, 9.17) is 11.6 Å². The van der Waals surface area contributed by atoms with Gasteiger partial charge < -0.3 is 4.74 Å². The van der Waals surface area contributed by atoms with Gasteiger partial charge >= 0.3 is 6.18 Å². The summed E-state index contributed by atoms with van der Waals surface area (Å²) in [5, 5.41) is 4.45. The lowest BCUT2D eigenvalue weighted by atomic mass is 10.1. The van der Waals surface area contributed by atoms with Crippen LogP contribution in [0.2, 0.25) is 5.02 Å². The van der Waals surface area contributed by atoms with Gasteiger partial charge in [-0.1, -0.05) is 11.6 Å². The van der Waals surface area contributed by atoms with Crippen molar-refractivity contribution in [3.05, 3.63) is 16.4 Å². The molecule has 0 atom stereocenters. The SMILES string of the molecule is Cc1nn(C)c(CC(=O)CCOCC(F)(F)F)c1Cl. The zero-order valence-electron chi connectivity index (χ0n) is 10.6. The molecule has 8 heteroatoms. The molecule has 1 rings (SSSR count). The van der Waals surface area contributed by atoms with Gasteiger partial charge in [0.1, 0.15) is 12.4 Å². The number of alkyl halides is 3. The first kappa shape index (κ1) is 16.0. The molecule has 0 spiro atoms. The van der Waals surface area contributed by atoms with Gasteiger partial charge in [-0.3, -0.25) is 9.48 Å². The summed E-state index contributed by atoms with van der Waals surface area (Å²) in [6.45, 7) is 0.113. The van der Waals surface area contributed by atoms with E-state index in [-0.39, 0.29) is 25.2 Å². The molecule has 0 saturated heterocycles. The highest BCUT2D eigenvalue weighted by atomic mass is 35.5. The molecule has 0 aliphatic heterocycles. The van der Waals surface area contributed by atoms with E-state index in [0.29, 0.717) is 16.4 Å². The number of carbonyl (C=O) groups is 1. The zero-order valence-corrected chi connectivity index (χ0v) is 11.3. The predicted octanol–water partition coefficient (Wildman–Crippen LogP) is 2.46. The number of nitrogens with zero attached hydrogens (tertiary/aromatic N) is 2. The van der Waals surface area contributed by atoms with Crippen molar-refractivity contribution in [1.82, 2.24) is 9.78 Å². The highest BCUT2D eigenvalue weighted by molar-refractivity contribution is 6.32. The number of halogens is 4. The molecule has 1 heterocycles. The summed E-state index contributed by atoms with van der Waals surface area (Å²) in [7, 11) is 1.65. The van der Waals surface area contributed by atoms with Gasteiger partial charge in [0, 0.05) is 19.9 Å². The van der Waals surface area contributed by atoms with Crippen LogP contribution in [-0.4, -0.2) is 35.0 Å². The molecule has 19 heavy (non-hydrogen) atoms. The fraction of sp³-hybridized carbons (Fsp3) is 0.636. The Labute approximate surface area is 113 Å². The Bertz CT molecular complexity index is 458. The standard InChI is InChI=1S/C11H14ClF3N2O2/c1-7-10(12)9(17(2)16-7)5-8(18)3-4-19-6-11(13,14)15/h3-6H2,1-2H3.